The minimum Gasteiger partial charge on any atom is -0.480 e. The second-order valence-corrected chi connectivity index (χ2v) is 4.78. The van der Waals surface area contributed by atoms with Gasteiger partial charge in [0, 0.05) is 13.1 Å². The zero-order valence-electron chi connectivity index (χ0n) is 10.7. The maximum absolute atomic E-state index is 12.0. The van der Waals surface area contributed by atoms with Gasteiger partial charge in [0.15, 0.2) is 0 Å². The van der Waals surface area contributed by atoms with Crippen molar-refractivity contribution in [1.82, 2.24) is 9.80 Å². The van der Waals surface area contributed by atoms with Gasteiger partial charge in [0.1, 0.15) is 0 Å². The molecule has 1 amide bonds. The summed E-state index contributed by atoms with van der Waals surface area (Å²) in [4.78, 5) is 26.1. The molecule has 1 rings (SSSR count). The van der Waals surface area contributed by atoms with Crippen LogP contribution in [0.25, 0.3) is 0 Å². The van der Waals surface area contributed by atoms with Gasteiger partial charge in [0.2, 0.25) is 5.91 Å². The van der Waals surface area contributed by atoms with Gasteiger partial charge in [-0.3, -0.25) is 14.5 Å². The Balaban J connectivity index is 2.43. The summed E-state index contributed by atoms with van der Waals surface area (Å²) in [6.45, 7) is 6.38. The molecule has 0 radical (unpaired) electrons. The van der Waals surface area contributed by atoms with Crippen LogP contribution in [0.4, 0.5) is 0 Å². The van der Waals surface area contributed by atoms with E-state index >= 15 is 0 Å². The Kier molecular flexibility index (Phi) is 5.41. The summed E-state index contributed by atoms with van der Waals surface area (Å²) in [5.41, 5.74) is 0. The number of piperidine rings is 1. The maximum atomic E-state index is 12.0. The van der Waals surface area contributed by atoms with Gasteiger partial charge in [-0.2, -0.15) is 0 Å². The van der Waals surface area contributed by atoms with Crippen molar-refractivity contribution in [2.24, 2.45) is 5.92 Å². The largest absolute Gasteiger partial charge is 0.480 e. The molecule has 5 heteroatoms. The van der Waals surface area contributed by atoms with Gasteiger partial charge in [0.05, 0.1) is 13.1 Å². The van der Waals surface area contributed by atoms with Crippen LogP contribution in [-0.4, -0.2) is 59.5 Å². The number of carboxylic acids is 1. The summed E-state index contributed by atoms with van der Waals surface area (Å²) >= 11 is 0. The molecular formula is C12H22N2O3. The van der Waals surface area contributed by atoms with E-state index in [1.807, 2.05) is 11.8 Å². The number of nitrogens with zero attached hydrogens (tertiary/aromatic N) is 2. The van der Waals surface area contributed by atoms with Crippen LogP contribution in [0, 0.1) is 5.92 Å². The van der Waals surface area contributed by atoms with Crippen molar-refractivity contribution >= 4 is 11.9 Å². The van der Waals surface area contributed by atoms with E-state index in [0.717, 1.165) is 19.5 Å². The van der Waals surface area contributed by atoms with Crippen LogP contribution in [0.3, 0.4) is 0 Å². The van der Waals surface area contributed by atoms with E-state index in [1.54, 1.807) is 4.90 Å². The van der Waals surface area contributed by atoms with Crippen LogP contribution in [0.1, 0.15) is 26.7 Å². The number of hydrogen-bond acceptors (Lipinski definition) is 3. The molecule has 0 aromatic carbocycles. The van der Waals surface area contributed by atoms with Gasteiger partial charge in [-0.15, -0.1) is 0 Å². The Labute approximate surface area is 102 Å². The molecule has 0 bridgehead atoms. The molecule has 1 N–H and O–H groups in total. The smallest absolute Gasteiger partial charge is 0.317 e. The predicted octanol–water partition coefficient (Wildman–Crippen LogP) is 0.651. The lowest BCUT2D eigenvalue weighted by molar-refractivity contribution is -0.140. The Morgan fingerprint density at radius 2 is 2.12 bits per heavy atom. The fraction of sp³-hybridized carbons (Fsp3) is 0.833. The average molecular weight is 242 g/mol. The monoisotopic (exact) mass is 242 g/mol. The van der Waals surface area contributed by atoms with E-state index in [0.29, 0.717) is 12.5 Å². The highest BCUT2D eigenvalue weighted by Gasteiger charge is 2.22. The van der Waals surface area contributed by atoms with Crippen molar-refractivity contribution in [2.45, 2.75) is 26.7 Å². The van der Waals surface area contributed by atoms with Gasteiger partial charge in [-0.25, -0.2) is 0 Å². The highest BCUT2D eigenvalue weighted by molar-refractivity contribution is 5.79. The van der Waals surface area contributed by atoms with Crippen molar-refractivity contribution in [1.29, 1.82) is 0 Å². The number of rotatable bonds is 5. The third kappa shape index (κ3) is 4.73. The zero-order chi connectivity index (χ0) is 12.8. The molecule has 1 heterocycles. The van der Waals surface area contributed by atoms with Crippen molar-refractivity contribution in [2.75, 3.05) is 32.7 Å². The summed E-state index contributed by atoms with van der Waals surface area (Å²) in [6.07, 6.45) is 2.23. The van der Waals surface area contributed by atoms with Crippen molar-refractivity contribution < 1.29 is 14.7 Å². The molecule has 0 saturated carbocycles. The van der Waals surface area contributed by atoms with E-state index in [2.05, 4.69) is 6.92 Å². The van der Waals surface area contributed by atoms with Crippen LogP contribution in [-0.2, 0) is 9.59 Å². The highest BCUT2D eigenvalue weighted by Crippen LogP contribution is 2.15. The first-order valence-corrected chi connectivity index (χ1v) is 6.24. The molecule has 0 aromatic rings. The molecule has 1 aliphatic heterocycles. The predicted molar refractivity (Wildman–Crippen MR) is 64.7 cm³/mol. The Bertz CT molecular complexity index is 281. The number of carboxylic acid groups (broad SMARTS) is 1. The first-order chi connectivity index (χ1) is 8.02. The molecule has 0 aliphatic carbocycles. The van der Waals surface area contributed by atoms with E-state index < -0.39 is 5.97 Å². The molecule has 1 fully saturated rings. The average Bonchev–Trinajstić information content (AvgIpc) is 2.27. The third-order valence-electron chi connectivity index (χ3n) is 3.17. The lowest BCUT2D eigenvalue weighted by atomic mass is 10.0. The fourth-order valence-electron chi connectivity index (χ4n) is 2.18. The number of carbonyl (C=O) groups is 2. The van der Waals surface area contributed by atoms with Crippen LogP contribution in [0.2, 0.25) is 0 Å². The summed E-state index contributed by atoms with van der Waals surface area (Å²) in [6, 6.07) is 0. The van der Waals surface area contributed by atoms with Gasteiger partial charge in [-0.1, -0.05) is 13.8 Å². The molecular weight excluding hydrogens is 220 g/mol. The number of hydrogen-bond donors (Lipinski definition) is 1. The molecule has 0 spiro atoms. The summed E-state index contributed by atoms with van der Waals surface area (Å²) in [5.74, 6) is -0.270. The molecule has 1 unspecified atom stereocenters. The summed E-state index contributed by atoms with van der Waals surface area (Å²) in [7, 11) is 0. The minimum absolute atomic E-state index is 0.0552. The van der Waals surface area contributed by atoms with Gasteiger partial charge in [0.25, 0.3) is 0 Å². The molecule has 98 valence electrons. The molecule has 1 saturated heterocycles. The van der Waals surface area contributed by atoms with E-state index in [4.69, 9.17) is 5.11 Å². The Morgan fingerprint density at radius 3 is 2.65 bits per heavy atom. The van der Waals surface area contributed by atoms with E-state index in [9.17, 15) is 9.59 Å². The SMILES string of the molecule is CCN(CC(=O)O)CC(=O)N1CCCC(C)C1. The lowest BCUT2D eigenvalue weighted by Crippen LogP contribution is -2.45. The second-order valence-electron chi connectivity index (χ2n) is 4.78. The van der Waals surface area contributed by atoms with Crippen LogP contribution in [0.5, 0.6) is 0 Å². The Hall–Kier alpha value is -1.10. The van der Waals surface area contributed by atoms with Crippen LogP contribution in [0.15, 0.2) is 0 Å². The standard InChI is InChI=1S/C12H22N2O3/c1-3-13(9-12(16)17)8-11(15)14-6-4-5-10(2)7-14/h10H,3-9H2,1-2H3,(H,16,17). The second kappa shape index (κ2) is 6.59. The topological polar surface area (TPSA) is 60.9 Å². The van der Waals surface area contributed by atoms with Gasteiger partial charge < -0.3 is 10.0 Å². The number of aliphatic carboxylic acids is 1. The molecule has 0 aromatic heterocycles. The first-order valence-electron chi connectivity index (χ1n) is 6.24. The number of likely N-dealkylation sites (tertiary alicyclic amines) is 1. The number of carbonyl (C=O) groups excluding carboxylic acids is 1. The third-order valence-corrected chi connectivity index (χ3v) is 3.17. The quantitative estimate of drug-likeness (QED) is 0.769. The minimum atomic E-state index is -0.883. The van der Waals surface area contributed by atoms with E-state index in [-0.39, 0.29) is 19.0 Å². The molecule has 1 atom stereocenters. The number of amides is 1. The molecule has 5 nitrogen and oxygen atoms in total. The van der Waals surface area contributed by atoms with Crippen molar-refractivity contribution in [3.8, 4) is 0 Å². The number of likely N-dealkylation sites (N-methyl/N-ethyl adjacent to an activating group) is 1. The zero-order valence-corrected chi connectivity index (χ0v) is 10.7. The fourth-order valence-corrected chi connectivity index (χ4v) is 2.18. The Morgan fingerprint density at radius 1 is 1.41 bits per heavy atom. The molecule has 17 heavy (non-hydrogen) atoms. The lowest BCUT2D eigenvalue weighted by Gasteiger charge is -2.32. The van der Waals surface area contributed by atoms with Crippen LogP contribution >= 0.6 is 0 Å². The first kappa shape index (κ1) is 14.0. The highest BCUT2D eigenvalue weighted by atomic mass is 16.4. The normalized spacial score (nSPS) is 20.6. The van der Waals surface area contributed by atoms with Gasteiger partial charge >= 0.3 is 5.97 Å². The van der Waals surface area contributed by atoms with Crippen molar-refractivity contribution in [3.63, 3.8) is 0 Å². The summed E-state index contributed by atoms with van der Waals surface area (Å²) < 4.78 is 0. The maximum Gasteiger partial charge on any atom is 0.317 e. The van der Waals surface area contributed by atoms with Crippen LogP contribution < -0.4 is 0 Å². The van der Waals surface area contributed by atoms with E-state index in [1.165, 1.54) is 6.42 Å². The van der Waals surface area contributed by atoms with Gasteiger partial charge in [-0.05, 0) is 25.3 Å². The molecule has 1 aliphatic rings. The van der Waals surface area contributed by atoms with Crippen molar-refractivity contribution in [3.05, 3.63) is 0 Å². The summed E-state index contributed by atoms with van der Waals surface area (Å²) in [5, 5.41) is 8.71.